The molecule has 5 nitrogen and oxygen atoms in total. The van der Waals surface area contributed by atoms with E-state index in [9.17, 15) is 4.79 Å². The standard InChI is InChI=1S/C15H19NO4/c1-10(17)15(2,19-3)14-7-5-12-8-11(9-16-18)4-6-13(12)20-14/h4,6,8-9,14,18H,5,7H2,1-3H3/b16-9+/t14-,15-/m1/s1. The molecule has 1 aromatic carbocycles. The number of ether oxygens (including phenoxy) is 2. The fourth-order valence-corrected chi connectivity index (χ4v) is 2.45. The van der Waals surface area contributed by atoms with Crippen molar-refractivity contribution in [2.45, 2.75) is 38.4 Å². The second-order valence-electron chi connectivity index (χ2n) is 5.12. The lowest BCUT2D eigenvalue weighted by molar-refractivity contribution is -0.149. The highest BCUT2D eigenvalue weighted by Gasteiger charge is 2.42. The van der Waals surface area contributed by atoms with E-state index in [1.807, 2.05) is 12.1 Å². The minimum absolute atomic E-state index is 0.0440. The number of ketones is 1. The van der Waals surface area contributed by atoms with E-state index < -0.39 is 5.60 Å². The molecule has 20 heavy (non-hydrogen) atoms. The Morgan fingerprint density at radius 1 is 1.60 bits per heavy atom. The fourth-order valence-electron chi connectivity index (χ4n) is 2.45. The van der Waals surface area contributed by atoms with Gasteiger partial charge in [0.1, 0.15) is 11.9 Å². The molecule has 0 saturated carbocycles. The molecule has 0 amide bonds. The average molecular weight is 277 g/mol. The summed E-state index contributed by atoms with van der Waals surface area (Å²) in [5.41, 5.74) is 0.929. The number of nitrogens with zero attached hydrogens (tertiary/aromatic N) is 1. The first-order chi connectivity index (χ1) is 9.51. The predicted octanol–water partition coefficient (Wildman–Crippen LogP) is 2.18. The number of Topliss-reactive ketones (excluding diaryl/α,β-unsaturated/α-hetero) is 1. The Morgan fingerprint density at radius 2 is 2.35 bits per heavy atom. The van der Waals surface area contributed by atoms with Gasteiger partial charge in [0.05, 0.1) is 6.21 Å². The molecule has 5 heteroatoms. The third kappa shape index (κ3) is 2.54. The number of rotatable bonds is 4. The van der Waals surface area contributed by atoms with E-state index in [1.54, 1.807) is 13.0 Å². The molecule has 1 N–H and O–H groups in total. The van der Waals surface area contributed by atoms with Crippen molar-refractivity contribution < 1.29 is 19.5 Å². The summed E-state index contributed by atoms with van der Waals surface area (Å²) in [6, 6.07) is 5.55. The average Bonchev–Trinajstić information content (AvgIpc) is 2.46. The monoisotopic (exact) mass is 277 g/mol. The molecule has 1 aromatic rings. The van der Waals surface area contributed by atoms with Crippen LogP contribution in [0, 0.1) is 0 Å². The van der Waals surface area contributed by atoms with Gasteiger partial charge in [0.2, 0.25) is 0 Å². The van der Waals surface area contributed by atoms with Crippen LogP contribution in [0.15, 0.2) is 23.4 Å². The first-order valence-corrected chi connectivity index (χ1v) is 6.54. The van der Waals surface area contributed by atoms with Crippen molar-refractivity contribution in [3.05, 3.63) is 29.3 Å². The zero-order valence-corrected chi connectivity index (χ0v) is 11.9. The maximum atomic E-state index is 11.8. The Kier molecular flexibility index (Phi) is 4.09. The summed E-state index contributed by atoms with van der Waals surface area (Å²) in [7, 11) is 1.53. The van der Waals surface area contributed by atoms with E-state index in [0.29, 0.717) is 6.42 Å². The van der Waals surface area contributed by atoms with Crippen LogP contribution < -0.4 is 4.74 Å². The van der Waals surface area contributed by atoms with Crippen molar-refractivity contribution in [1.82, 2.24) is 0 Å². The SMILES string of the molecule is CO[C@](C)(C(C)=O)[C@H]1CCc2cc(/C=N/O)ccc2O1. The second-order valence-corrected chi connectivity index (χ2v) is 5.12. The van der Waals surface area contributed by atoms with Gasteiger partial charge in [-0.15, -0.1) is 0 Å². The van der Waals surface area contributed by atoms with Gasteiger partial charge in [0, 0.05) is 7.11 Å². The number of benzene rings is 1. The van der Waals surface area contributed by atoms with Crippen molar-refractivity contribution >= 4 is 12.0 Å². The van der Waals surface area contributed by atoms with E-state index >= 15 is 0 Å². The second kappa shape index (κ2) is 5.63. The summed E-state index contributed by atoms with van der Waals surface area (Å²) >= 11 is 0. The quantitative estimate of drug-likeness (QED) is 0.520. The van der Waals surface area contributed by atoms with Gasteiger partial charge in [-0.05, 0) is 56.0 Å². The lowest BCUT2D eigenvalue weighted by Crippen LogP contribution is -2.51. The van der Waals surface area contributed by atoms with Crippen LogP contribution in [0.3, 0.4) is 0 Å². The highest BCUT2D eigenvalue weighted by molar-refractivity contribution is 5.85. The van der Waals surface area contributed by atoms with Gasteiger partial charge < -0.3 is 14.7 Å². The molecule has 0 saturated heterocycles. The Labute approximate surface area is 118 Å². The highest BCUT2D eigenvalue weighted by Crippen LogP contribution is 2.33. The molecule has 0 fully saturated rings. The molecule has 0 aromatic heterocycles. The minimum atomic E-state index is -0.928. The Bertz CT molecular complexity index is 541. The third-order valence-electron chi connectivity index (χ3n) is 3.97. The molecule has 2 rings (SSSR count). The minimum Gasteiger partial charge on any atom is -0.487 e. The van der Waals surface area contributed by atoms with Crippen LogP contribution in [0.25, 0.3) is 0 Å². The van der Waals surface area contributed by atoms with Gasteiger partial charge >= 0.3 is 0 Å². The van der Waals surface area contributed by atoms with Crippen LogP contribution in [0.2, 0.25) is 0 Å². The summed E-state index contributed by atoms with van der Waals surface area (Å²) in [4.78, 5) is 11.8. The summed E-state index contributed by atoms with van der Waals surface area (Å²) in [6.45, 7) is 3.28. The number of carbonyl (C=O) groups excluding carboxylic acids is 1. The molecule has 108 valence electrons. The third-order valence-corrected chi connectivity index (χ3v) is 3.97. The Morgan fingerprint density at radius 3 is 2.95 bits per heavy atom. The maximum absolute atomic E-state index is 11.8. The molecular weight excluding hydrogens is 258 g/mol. The van der Waals surface area contributed by atoms with Gasteiger partial charge in [-0.25, -0.2) is 0 Å². The number of carbonyl (C=O) groups is 1. The number of oxime groups is 1. The number of methoxy groups -OCH3 is 1. The lowest BCUT2D eigenvalue weighted by atomic mass is 9.87. The molecule has 0 spiro atoms. The van der Waals surface area contributed by atoms with Crippen molar-refractivity contribution in [2.24, 2.45) is 5.16 Å². The summed E-state index contributed by atoms with van der Waals surface area (Å²) in [6.07, 6.45) is 2.58. The zero-order chi connectivity index (χ0) is 14.8. The van der Waals surface area contributed by atoms with Crippen LogP contribution in [-0.4, -0.2) is 36.0 Å². The highest BCUT2D eigenvalue weighted by atomic mass is 16.5. The van der Waals surface area contributed by atoms with Crippen LogP contribution in [0.1, 0.15) is 31.4 Å². The van der Waals surface area contributed by atoms with Gasteiger partial charge in [-0.3, -0.25) is 4.79 Å². The van der Waals surface area contributed by atoms with Crippen LogP contribution >= 0.6 is 0 Å². The van der Waals surface area contributed by atoms with E-state index in [1.165, 1.54) is 20.2 Å². The number of fused-ring (bicyclic) bond motifs is 1. The largest absolute Gasteiger partial charge is 0.487 e. The molecule has 2 atom stereocenters. The summed E-state index contributed by atoms with van der Waals surface area (Å²) in [5, 5.41) is 11.6. The van der Waals surface area contributed by atoms with E-state index in [-0.39, 0.29) is 11.9 Å². The van der Waals surface area contributed by atoms with Gasteiger partial charge in [0.15, 0.2) is 11.4 Å². The van der Waals surface area contributed by atoms with Crippen molar-refractivity contribution in [3.63, 3.8) is 0 Å². The maximum Gasteiger partial charge on any atom is 0.165 e. The van der Waals surface area contributed by atoms with Gasteiger partial charge in [0.25, 0.3) is 0 Å². The fraction of sp³-hybridized carbons (Fsp3) is 0.467. The zero-order valence-electron chi connectivity index (χ0n) is 11.9. The molecule has 1 heterocycles. The van der Waals surface area contributed by atoms with Crippen molar-refractivity contribution in [2.75, 3.05) is 7.11 Å². The molecule has 0 aliphatic carbocycles. The predicted molar refractivity (Wildman–Crippen MR) is 74.7 cm³/mol. The lowest BCUT2D eigenvalue weighted by Gasteiger charge is -2.37. The number of hydrogen-bond donors (Lipinski definition) is 1. The molecular formula is C15H19NO4. The molecule has 1 aliphatic rings. The van der Waals surface area contributed by atoms with Crippen LogP contribution in [0.5, 0.6) is 5.75 Å². The number of aryl methyl sites for hydroxylation is 1. The molecule has 1 aliphatic heterocycles. The first kappa shape index (κ1) is 14.5. The van der Waals surface area contributed by atoms with Crippen molar-refractivity contribution in [3.8, 4) is 5.75 Å². The van der Waals surface area contributed by atoms with Gasteiger partial charge in [-0.2, -0.15) is 0 Å². The molecule has 0 unspecified atom stereocenters. The van der Waals surface area contributed by atoms with Crippen LogP contribution in [0.4, 0.5) is 0 Å². The van der Waals surface area contributed by atoms with E-state index in [4.69, 9.17) is 14.7 Å². The first-order valence-electron chi connectivity index (χ1n) is 6.54. The number of hydrogen-bond acceptors (Lipinski definition) is 5. The molecule has 0 bridgehead atoms. The molecule has 0 radical (unpaired) electrons. The summed E-state index contributed by atoms with van der Waals surface area (Å²) in [5.74, 6) is 0.707. The summed E-state index contributed by atoms with van der Waals surface area (Å²) < 4.78 is 11.3. The van der Waals surface area contributed by atoms with Gasteiger partial charge in [-0.1, -0.05) is 5.16 Å². The normalized spacial score (nSPS) is 21.1. The Balaban J connectivity index is 2.25. The Hall–Kier alpha value is -1.88. The smallest absolute Gasteiger partial charge is 0.165 e. The van der Waals surface area contributed by atoms with E-state index in [0.717, 1.165) is 23.3 Å². The van der Waals surface area contributed by atoms with Crippen molar-refractivity contribution in [1.29, 1.82) is 0 Å². The topological polar surface area (TPSA) is 68.1 Å². The van der Waals surface area contributed by atoms with E-state index in [2.05, 4.69) is 5.16 Å². The van der Waals surface area contributed by atoms with Crippen LogP contribution in [-0.2, 0) is 16.0 Å².